The molecule has 0 aliphatic heterocycles. The van der Waals surface area contributed by atoms with Crippen LogP contribution in [0.1, 0.15) is 24.2 Å². The molecule has 0 unspecified atom stereocenters. The molecule has 2 rings (SSSR count). The molecule has 0 spiro atoms. The molecule has 0 atom stereocenters. The number of nitrogens with zero attached hydrogens (tertiary/aromatic N) is 3. The van der Waals surface area contributed by atoms with Crippen LogP contribution in [0.5, 0.6) is 0 Å². The number of benzene rings is 1. The molecule has 1 aromatic carbocycles. The van der Waals surface area contributed by atoms with Crippen molar-refractivity contribution >= 4 is 11.0 Å². The van der Waals surface area contributed by atoms with Gasteiger partial charge in [0.15, 0.2) is 0 Å². The summed E-state index contributed by atoms with van der Waals surface area (Å²) in [4.78, 5) is 4.52. The number of aromatic nitrogens is 2. The summed E-state index contributed by atoms with van der Waals surface area (Å²) >= 11 is 0. The fourth-order valence-corrected chi connectivity index (χ4v) is 1.94. The maximum atomic E-state index is 8.83. The molecule has 1 heterocycles. The Morgan fingerprint density at radius 1 is 1.41 bits per heavy atom. The Morgan fingerprint density at radius 2 is 2.24 bits per heavy atom. The lowest BCUT2D eigenvalue weighted by Crippen LogP contribution is -1.98. The van der Waals surface area contributed by atoms with Gasteiger partial charge in [-0.05, 0) is 31.0 Å². The third-order valence-electron chi connectivity index (χ3n) is 2.91. The van der Waals surface area contributed by atoms with E-state index in [9.17, 15) is 0 Å². The van der Waals surface area contributed by atoms with Crippen molar-refractivity contribution < 1.29 is 5.11 Å². The second kappa shape index (κ2) is 4.98. The van der Waals surface area contributed by atoms with Crippen molar-refractivity contribution in [3.8, 4) is 6.07 Å². The van der Waals surface area contributed by atoms with Gasteiger partial charge in [-0.15, -0.1) is 0 Å². The minimum absolute atomic E-state index is 0.225. The number of aliphatic hydroxyl groups excluding tert-OH is 1. The molecule has 0 fully saturated rings. The first-order valence-electron chi connectivity index (χ1n) is 5.72. The minimum Gasteiger partial charge on any atom is -0.396 e. The van der Waals surface area contributed by atoms with Crippen LogP contribution in [0.15, 0.2) is 18.2 Å². The van der Waals surface area contributed by atoms with Crippen LogP contribution < -0.4 is 0 Å². The third-order valence-corrected chi connectivity index (χ3v) is 2.91. The fraction of sp³-hybridized carbons (Fsp3) is 0.385. The van der Waals surface area contributed by atoms with Crippen LogP contribution in [0.25, 0.3) is 11.0 Å². The standard InChI is InChI=1S/C13H15N3O/c1-16-12-6-5-10(9-14)8-11(12)15-13(16)4-2-3-7-17/h5-6,8,17H,2-4,7H2,1H3. The summed E-state index contributed by atoms with van der Waals surface area (Å²) in [5.74, 6) is 1.00. The molecular formula is C13H15N3O. The van der Waals surface area contributed by atoms with E-state index in [0.717, 1.165) is 36.1 Å². The molecule has 0 saturated carbocycles. The SMILES string of the molecule is Cn1c(CCCCO)nc2cc(C#N)ccc21. The smallest absolute Gasteiger partial charge is 0.109 e. The zero-order chi connectivity index (χ0) is 12.3. The van der Waals surface area contributed by atoms with Gasteiger partial charge in [-0.2, -0.15) is 5.26 Å². The number of rotatable bonds is 4. The molecule has 0 bridgehead atoms. The Kier molecular flexibility index (Phi) is 3.40. The quantitative estimate of drug-likeness (QED) is 0.812. The number of hydrogen-bond acceptors (Lipinski definition) is 3. The number of aliphatic hydroxyl groups is 1. The van der Waals surface area contributed by atoms with E-state index in [2.05, 4.69) is 11.1 Å². The van der Waals surface area contributed by atoms with Gasteiger partial charge in [0.1, 0.15) is 5.82 Å². The Bertz CT molecular complexity index is 566. The fourth-order valence-electron chi connectivity index (χ4n) is 1.94. The van der Waals surface area contributed by atoms with Gasteiger partial charge < -0.3 is 9.67 Å². The van der Waals surface area contributed by atoms with E-state index in [4.69, 9.17) is 10.4 Å². The molecule has 0 amide bonds. The van der Waals surface area contributed by atoms with E-state index in [1.165, 1.54) is 0 Å². The normalized spacial score (nSPS) is 10.6. The van der Waals surface area contributed by atoms with Crippen molar-refractivity contribution in [1.29, 1.82) is 5.26 Å². The average Bonchev–Trinajstić information content (AvgIpc) is 2.66. The molecular weight excluding hydrogens is 214 g/mol. The van der Waals surface area contributed by atoms with E-state index in [0.29, 0.717) is 5.56 Å². The van der Waals surface area contributed by atoms with E-state index < -0.39 is 0 Å². The summed E-state index contributed by atoms with van der Waals surface area (Å²) in [6.07, 6.45) is 2.58. The lowest BCUT2D eigenvalue weighted by molar-refractivity contribution is 0.284. The summed E-state index contributed by atoms with van der Waals surface area (Å²) in [5.41, 5.74) is 2.55. The number of hydrogen-bond donors (Lipinski definition) is 1. The molecule has 4 nitrogen and oxygen atoms in total. The maximum absolute atomic E-state index is 8.83. The van der Waals surface area contributed by atoms with Gasteiger partial charge in [-0.25, -0.2) is 4.98 Å². The molecule has 88 valence electrons. The topological polar surface area (TPSA) is 61.8 Å². The van der Waals surface area contributed by atoms with Crippen LogP contribution in [0, 0.1) is 11.3 Å². The van der Waals surface area contributed by atoms with Crippen LogP contribution in [-0.4, -0.2) is 21.3 Å². The maximum Gasteiger partial charge on any atom is 0.109 e. The molecule has 0 radical (unpaired) electrons. The highest BCUT2D eigenvalue weighted by Gasteiger charge is 2.07. The van der Waals surface area contributed by atoms with E-state index >= 15 is 0 Å². The first-order valence-corrected chi connectivity index (χ1v) is 5.72. The second-order valence-corrected chi connectivity index (χ2v) is 4.08. The van der Waals surface area contributed by atoms with Gasteiger partial charge in [-0.3, -0.25) is 0 Å². The predicted octanol–water partition coefficient (Wildman–Crippen LogP) is 1.76. The predicted molar refractivity (Wildman–Crippen MR) is 65.5 cm³/mol. The monoisotopic (exact) mass is 229 g/mol. The van der Waals surface area contributed by atoms with Crippen LogP contribution in [-0.2, 0) is 13.5 Å². The molecule has 1 N–H and O–H groups in total. The van der Waals surface area contributed by atoms with E-state index in [1.807, 2.05) is 29.8 Å². The van der Waals surface area contributed by atoms with Crippen LogP contribution >= 0.6 is 0 Å². The van der Waals surface area contributed by atoms with Gasteiger partial charge in [-0.1, -0.05) is 0 Å². The van der Waals surface area contributed by atoms with Gasteiger partial charge in [0.05, 0.1) is 22.7 Å². The molecule has 0 aliphatic carbocycles. The van der Waals surface area contributed by atoms with Crippen LogP contribution in [0.4, 0.5) is 0 Å². The summed E-state index contributed by atoms with van der Waals surface area (Å²) in [7, 11) is 1.98. The number of unbranched alkanes of at least 4 members (excludes halogenated alkanes) is 1. The van der Waals surface area contributed by atoms with Crippen molar-refractivity contribution in [2.45, 2.75) is 19.3 Å². The molecule has 4 heteroatoms. The van der Waals surface area contributed by atoms with E-state index in [-0.39, 0.29) is 6.61 Å². The molecule has 1 aromatic heterocycles. The van der Waals surface area contributed by atoms with Crippen molar-refractivity contribution in [1.82, 2.24) is 9.55 Å². The lowest BCUT2D eigenvalue weighted by atomic mass is 10.2. The molecule has 0 aliphatic rings. The number of imidazole rings is 1. The zero-order valence-electron chi connectivity index (χ0n) is 9.85. The Balaban J connectivity index is 2.32. The van der Waals surface area contributed by atoms with Crippen molar-refractivity contribution in [2.24, 2.45) is 7.05 Å². The Morgan fingerprint density at radius 3 is 2.94 bits per heavy atom. The zero-order valence-corrected chi connectivity index (χ0v) is 9.85. The molecule has 17 heavy (non-hydrogen) atoms. The van der Waals surface area contributed by atoms with E-state index in [1.54, 1.807) is 0 Å². The van der Waals surface area contributed by atoms with Crippen molar-refractivity contribution in [3.63, 3.8) is 0 Å². The highest BCUT2D eigenvalue weighted by Crippen LogP contribution is 2.17. The first kappa shape index (κ1) is 11.6. The second-order valence-electron chi connectivity index (χ2n) is 4.08. The summed E-state index contributed by atoms with van der Waals surface area (Å²) in [6, 6.07) is 7.66. The summed E-state index contributed by atoms with van der Waals surface area (Å²) < 4.78 is 2.05. The van der Waals surface area contributed by atoms with Gasteiger partial charge in [0.25, 0.3) is 0 Å². The Hall–Kier alpha value is -1.86. The van der Waals surface area contributed by atoms with Crippen LogP contribution in [0.2, 0.25) is 0 Å². The largest absolute Gasteiger partial charge is 0.396 e. The van der Waals surface area contributed by atoms with Crippen molar-refractivity contribution in [2.75, 3.05) is 6.61 Å². The summed E-state index contributed by atoms with van der Waals surface area (Å²) in [6.45, 7) is 0.225. The lowest BCUT2D eigenvalue weighted by Gasteiger charge is -2.01. The third kappa shape index (κ3) is 2.29. The first-order chi connectivity index (χ1) is 8.26. The van der Waals surface area contributed by atoms with Gasteiger partial charge in [0.2, 0.25) is 0 Å². The van der Waals surface area contributed by atoms with Gasteiger partial charge >= 0.3 is 0 Å². The van der Waals surface area contributed by atoms with Crippen molar-refractivity contribution in [3.05, 3.63) is 29.6 Å². The number of nitriles is 1. The average molecular weight is 229 g/mol. The molecule has 2 aromatic rings. The number of fused-ring (bicyclic) bond motifs is 1. The summed E-state index contributed by atoms with van der Waals surface area (Å²) in [5, 5.41) is 17.6. The highest BCUT2D eigenvalue weighted by molar-refractivity contribution is 5.77. The van der Waals surface area contributed by atoms with Crippen LogP contribution in [0.3, 0.4) is 0 Å². The molecule has 0 saturated heterocycles. The number of aryl methyl sites for hydroxylation is 2. The highest BCUT2D eigenvalue weighted by atomic mass is 16.2. The Labute approximate surface area is 100 Å². The van der Waals surface area contributed by atoms with Gasteiger partial charge in [0, 0.05) is 20.1 Å². The minimum atomic E-state index is 0.225.